The van der Waals surface area contributed by atoms with Crippen molar-refractivity contribution in [1.82, 2.24) is 0 Å². The average molecular weight is 625 g/mol. The standard InChI is InChI=1S/C33H52O11/c1-7-21(18-42-19-22-11-9-8-10-12-22)13-20(2)26-15-23(40-5)17-28(35)32(3,4)33(39)30(37)27(41-6)16-24(44-33)14-25(34)29(36)31(38)43-26/h8-13,21,23-30,34-37,39H,7,14-19H2,1-6H3/b20-13-/t21-,23-,24+,25-,26+,27-,28+,29+,30-,33+/m1/s1. The van der Waals surface area contributed by atoms with Crippen molar-refractivity contribution in [2.24, 2.45) is 11.3 Å². The highest BCUT2D eigenvalue weighted by atomic mass is 16.7. The van der Waals surface area contributed by atoms with Crippen LogP contribution in [-0.2, 0) is 35.1 Å². The minimum Gasteiger partial charge on any atom is -0.456 e. The summed E-state index contributed by atoms with van der Waals surface area (Å²) in [6.45, 7) is 7.90. The monoisotopic (exact) mass is 624 g/mol. The van der Waals surface area contributed by atoms with E-state index < -0.39 is 66.0 Å². The van der Waals surface area contributed by atoms with Crippen molar-refractivity contribution in [3.63, 3.8) is 0 Å². The third kappa shape index (κ3) is 8.65. The Morgan fingerprint density at radius 1 is 1.05 bits per heavy atom. The summed E-state index contributed by atoms with van der Waals surface area (Å²) in [7, 11) is 2.84. The molecule has 10 atom stereocenters. The number of benzene rings is 1. The van der Waals surface area contributed by atoms with Crippen LogP contribution < -0.4 is 0 Å². The highest BCUT2D eigenvalue weighted by Gasteiger charge is 2.60. The summed E-state index contributed by atoms with van der Waals surface area (Å²) in [6.07, 6.45) is -6.90. The maximum Gasteiger partial charge on any atom is 0.338 e. The van der Waals surface area contributed by atoms with Gasteiger partial charge in [0.1, 0.15) is 12.2 Å². The van der Waals surface area contributed by atoms with Crippen molar-refractivity contribution in [2.45, 2.75) is 121 Å². The van der Waals surface area contributed by atoms with Crippen molar-refractivity contribution in [3.05, 3.63) is 47.5 Å². The molecule has 1 aromatic carbocycles. The molecule has 2 bridgehead atoms. The van der Waals surface area contributed by atoms with Crippen LogP contribution in [0.4, 0.5) is 0 Å². The Balaban J connectivity index is 1.89. The normalized spacial score (nSPS) is 36.2. The Kier molecular flexibility index (Phi) is 13.3. The number of esters is 1. The second-order valence-electron chi connectivity index (χ2n) is 12.7. The number of cyclic esters (lactones) is 1. The van der Waals surface area contributed by atoms with E-state index in [4.69, 9.17) is 23.7 Å². The van der Waals surface area contributed by atoms with Crippen LogP contribution in [0.2, 0.25) is 0 Å². The summed E-state index contributed by atoms with van der Waals surface area (Å²) < 4.78 is 28.8. The fourth-order valence-electron chi connectivity index (χ4n) is 5.98. The molecular weight excluding hydrogens is 572 g/mol. The average Bonchev–Trinajstić information content (AvgIpc) is 3.00. The van der Waals surface area contributed by atoms with Gasteiger partial charge in [-0.3, -0.25) is 0 Å². The first-order valence-corrected chi connectivity index (χ1v) is 15.5. The number of fused-ring (bicyclic) bond motifs is 2. The van der Waals surface area contributed by atoms with Crippen molar-refractivity contribution in [2.75, 3.05) is 20.8 Å². The largest absolute Gasteiger partial charge is 0.456 e. The van der Waals surface area contributed by atoms with E-state index in [1.807, 2.05) is 50.3 Å². The predicted octanol–water partition coefficient (Wildman–Crippen LogP) is 2.25. The number of aliphatic hydroxyl groups is 5. The lowest BCUT2D eigenvalue weighted by atomic mass is 9.70. The molecule has 0 aromatic heterocycles. The fourth-order valence-corrected chi connectivity index (χ4v) is 5.98. The number of methoxy groups -OCH3 is 2. The van der Waals surface area contributed by atoms with E-state index in [1.165, 1.54) is 14.2 Å². The first kappa shape index (κ1) is 36.5. The van der Waals surface area contributed by atoms with Gasteiger partial charge < -0.3 is 49.2 Å². The topological polar surface area (TPSA) is 164 Å². The molecule has 3 rings (SSSR count). The Labute approximate surface area is 260 Å². The highest BCUT2D eigenvalue weighted by Crippen LogP contribution is 2.46. The molecule has 2 aliphatic rings. The van der Waals surface area contributed by atoms with E-state index in [0.29, 0.717) is 18.8 Å². The maximum absolute atomic E-state index is 13.1. The zero-order valence-electron chi connectivity index (χ0n) is 26.8. The zero-order chi connectivity index (χ0) is 32.7. The number of carbonyl (C=O) groups excluding carboxylic acids is 1. The quantitative estimate of drug-likeness (QED) is 0.202. The van der Waals surface area contributed by atoms with E-state index in [-0.39, 0.29) is 31.6 Å². The van der Waals surface area contributed by atoms with E-state index in [2.05, 4.69) is 0 Å². The van der Waals surface area contributed by atoms with Crippen LogP contribution in [0.3, 0.4) is 0 Å². The number of carbonyl (C=O) groups is 1. The minimum absolute atomic E-state index is 0.00697. The molecule has 0 amide bonds. The van der Waals surface area contributed by atoms with E-state index in [0.717, 1.165) is 12.0 Å². The molecular formula is C33H52O11. The van der Waals surface area contributed by atoms with Crippen molar-refractivity contribution < 1.29 is 54.0 Å². The number of rotatable bonds is 9. The molecule has 1 aromatic rings. The summed E-state index contributed by atoms with van der Waals surface area (Å²) in [5, 5.41) is 55.9. The van der Waals surface area contributed by atoms with Gasteiger partial charge in [-0.2, -0.15) is 0 Å². The Morgan fingerprint density at radius 2 is 1.73 bits per heavy atom. The number of hydrogen-bond donors (Lipinski definition) is 5. The molecule has 0 unspecified atom stereocenters. The van der Waals surface area contributed by atoms with Gasteiger partial charge in [-0.05, 0) is 24.5 Å². The Morgan fingerprint density at radius 3 is 2.34 bits per heavy atom. The summed E-state index contributed by atoms with van der Waals surface area (Å²) in [5.74, 6) is -3.30. The van der Waals surface area contributed by atoms with Gasteiger partial charge in [0, 0.05) is 51.2 Å². The number of ether oxygens (including phenoxy) is 5. The molecule has 2 aliphatic heterocycles. The van der Waals surface area contributed by atoms with Crippen LogP contribution in [0.1, 0.15) is 65.4 Å². The first-order valence-electron chi connectivity index (χ1n) is 15.5. The van der Waals surface area contributed by atoms with Crippen molar-refractivity contribution in [1.29, 1.82) is 0 Å². The molecule has 5 N–H and O–H groups in total. The molecule has 0 spiro atoms. The lowest BCUT2D eigenvalue weighted by molar-refractivity contribution is -0.379. The predicted molar refractivity (Wildman–Crippen MR) is 161 cm³/mol. The van der Waals surface area contributed by atoms with Crippen LogP contribution in [0.5, 0.6) is 0 Å². The molecule has 44 heavy (non-hydrogen) atoms. The third-order valence-electron chi connectivity index (χ3n) is 9.29. The van der Waals surface area contributed by atoms with Gasteiger partial charge in [0.15, 0.2) is 6.10 Å². The molecule has 11 nitrogen and oxygen atoms in total. The number of hydrogen-bond acceptors (Lipinski definition) is 11. The second kappa shape index (κ2) is 16.1. The zero-order valence-corrected chi connectivity index (χ0v) is 26.8. The van der Waals surface area contributed by atoms with Crippen molar-refractivity contribution >= 4 is 5.97 Å². The SMILES string of the molecule is CC[C@H](/C=C(/C)[C@@H]1C[C@@H](OC)C[C@H](O)C(C)(C)[C@@]2(O)O[C@@H](C[C@@H](O)[C@H](O)C(=O)O1)C[C@@H](OC)[C@H]2O)COCc1ccccc1. The van der Waals surface area contributed by atoms with Crippen LogP contribution in [0.15, 0.2) is 42.0 Å². The molecule has 2 saturated heterocycles. The first-order chi connectivity index (χ1) is 20.8. The van der Waals surface area contributed by atoms with Gasteiger partial charge in [-0.15, -0.1) is 0 Å². The maximum atomic E-state index is 13.1. The van der Waals surface area contributed by atoms with E-state index in [1.54, 1.807) is 13.8 Å². The molecule has 0 radical (unpaired) electrons. The molecule has 11 heteroatoms. The Hall–Kier alpha value is -1.93. The van der Waals surface area contributed by atoms with Gasteiger partial charge in [0.05, 0.1) is 43.7 Å². The fraction of sp³-hybridized carbons (Fsp3) is 0.727. The molecule has 2 heterocycles. The van der Waals surface area contributed by atoms with Crippen LogP contribution in [0, 0.1) is 11.3 Å². The van der Waals surface area contributed by atoms with E-state index >= 15 is 0 Å². The summed E-state index contributed by atoms with van der Waals surface area (Å²) in [6, 6.07) is 9.84. The summed E-state index contributed by atoms with van der Waals surface area (Å²) in [5.41, 5.74) is 0.326. The van der Waals surface area contributed by atoms with Gasteiger partial charge >= 0.3 is 5.97 Å². The van der Waals surface area contributed by atoms with Gasteiger partial charge in [0.25, 0.3) is 0 Å². The highest BCUT2D eigenvalue weighted by molar-refractivity contribution is 5.75. The van der Waals surface area contributed by atoms with Crippen molar-refractivity contribution in [3.8, 4) is 0 Å². The van der Waals surface area contributed by atoms with Gasteiger partial charge in [-0.1, -0.05) is 57.2 Å². The van der Waals surface area contributed by atoms with Crippen LogP contribution in [-0.4, -0.2) is 107 Å². The number of aliphatic hydroxyl groups excluding tert-OH is 4. The van der Waals surface area contributed by atoms with Gasteiger partial charge in [-0.25, -0.2) is 4.79 Å². The molecule has 250 valence electrons. The third-order valence-corrected chi connectivity index (χ3v) is 9.29. The summed E-state index contributed by atoms with van der Waals surface area (Å²) in [4.78, 5) is 13.1. The second-order valence-corrected chi connectivity index (χ2v) is 12.7. The minimum atomic E-state index is -2.28. The molecule has 0 aliphatic carbocycles. The van der Waals surface area contributed by atoms with Gasteiger partial charge in [0.2, 0.25) is 5.79 Å². The van der Waals surface area contributed by atoms with Crippen LogP contribution in [0.25, 0.3) is 0 Å². The van der Waals surface area contributed by atoms with E-state index in [9.17, 15) is 30.3 Å². The lowest BCUT2D eigenvalue weighted by Crippen LogP contribution is -2.68. The smallest absolute Gasteiger partial charge is 0.338 e. The lowest BCUT2D eigenvalue weighted by Gasteiger charge is -2.53. The van der Waals surface area contributed by atoms with Crippen LogP contribution >= 0.6 is 0 Å². The Bertz CT molecular complexity index is 1060. The molecule has 2 fully saturated rings. The molecule has 0 saturated carbocycles. The summed E-state index contributed by atoms with van der Waals surface area (Å²) >= 11 is 0.